The van der Waals surface area contributed by atoms with E-state index >= 15 is 0 Å². The van der Waals surface area contributed by atoms with Gasteiger partial charge in [-0.3, -0.25) is 10.2 Å². The van der Waals surface area contributed by atoms with Gasteiger partial charge in [0.05, 0.1) is 17.5 Å². The molecular weight excluding hydrogens is 445 g/mol. The van der Waals surface area contributed by atoms with Crippen molar-refractivity contribution in [2.75, 3.05) is 27.2 Å². The summed E-state index contributed by atoms with van der Waals surface area (Å²) in [6.45, 7) is 1.39. The van der Waals surface area contributed by atoms with Crippen LogP contribution < -0.4 is 10.7 Å². The maximum atomic E-state index is 14.5. The minimum Gasteiger partial charge on any atom is -0.393 e. The van der Waals surface area contributed by atoms with Crippen LogP contribution in [0, 0.1) is 5.82 Å². The number of likely N-dealkylation sites (N-methyl/N-ethyl adjacent to an activating group) is 1. The molecule has 3 N–H and O–H groups in total. The van der Waals surface area contributed by atoms with Crippen LogP contribution in [0.1, 0.15) is 42.4 Å². The van der Waals surface area contributed by atoms with E-state index in [2.05, 4.69) is 33.0 Å². The zero-order chi connectivity index (χ0) is 24.3. The van der Waals surface area contributed by atoms with Crippen LogP contribution in [0.25, 0.3) is 11.6 Å². The van der Waals surface area contributed by atoms with E-state index in [4.69, 9.17) is 0 Å². The van der Waals surface area contributed by atoms with Crippen LogP contribution in [0.15, 0.2) is 52.4 Å². The molecule has 7 nitrogen and oxygen atoms in total. The number of rotatable bonds is 4. The molecule has 0 spiro atoms. The van der Waals surface area contributed by atoms with Gasteiger partial charge < -0.3 is 20.2 Å². The van der Waals surface area contributed by atoms with Crippen molar-refractivity contribution in [3.8, 4) is 0 Å². The van der Waals surface area contributed by atoms with Gasteiger partial charge in [-0.1, -0.05) is 12.2 Å². The molecule has 1 saturated carbocycles. The molecule has 8 heteroatoms. The first-order valence-electron chi connectivity index (χ1n) is 12.3. The number of hydrogen-bond acceptors (Lipinski definition) is 6. The van der Waals surface area contributed by atoms with Crippen LogP contribution in [0.5, 0.6) is 0 Å². The lowest BCUT2D eigenvalue weighted by molar-refractivity contribution is -0.136. The standard InChI is InChI=1S/C27H30FN5O2/c1-32-13-22(15-5-6-29-18(8-15)10-25(35)33(2)19-11-20(34)12-19)27-23(14-32)21-9-17(28)7-16-3-4-24(26(16)21)30-31-27/h3-5,7,9,14,18-20,29,31,34H,6,8,10-13H2,1-2H3. The highest BCUT2D eigenvalue weighted by Crippen LogP contribution is 2.39. The minimum absolute atomic E-state index is 0.0331. The third-order valence-corrected chi connectivity index (χ3v) is 7.78. The Morgan fingerprint density at radius 3 is 2.94 bits per heavy atom. The van der Waals surface area contributed by atoms with Gasteiger partial charge in [0.2, 0.25) is 5.91 Å². The molecule has 1 aromatic carbocycles. The summed E-state index contributed by atoms with van der Waals surface area (Å²) < 4.78 is 14.5. The monoisotopic (exact) mass is 475 g/mol. The number of hydrogen-bond donors (Lipinski definition) is 3. The topological polar surface area (TPSA) is 80.2 Å². The van der Waals surface area contributed by atoms with Gasteiger partial charge in [0.15, 0.2) is 0 Å². The van der Waals surface area contributed by atoms with Crippen LogP contribution in [-0.2, 0) is 4.79 Å². The number of halogens is 1. The third-order valence-electron chi connectivity index (χ3n) is 7.78. The second-order valence-electron chi connectivity index (χ2n) is 10.2. The fourth-order valence-electron chi connectivity index (χ4n) is 5.73. The van der Waals surface area contributed by atoms with Gasteiger partial charge in [0, 0.05) is 68.6 Å². The highest BCUT2D eigenvalue weighted by Gasteiger charge is 2.35. The maximum Gasteiger partial charge on any atom is 0.224 e. The molecular formula is C27H30FN5O2. The normalized spacial score (nSPS) is 26.6. The lowest BCUT2D eigenvalue weighted by atomic mass is 9.85. The van der Waals surface area contributed by atoms with E-state index in [0.29, 0.717) is 32.4 Å². The minimum atomic E-state index is -0.280. The van der Waals surface area contributed by atoms with E-state index in [9.17, 15) is 14.3 Å². The number of hydrazone groups is 1. The van der Waals surface area contributed by atoms with Crippen molar-refractivity contribution >= 4 is 23.3 Å². The third kappa shape index (κ3) is 3.90. The number of nitrogens with one attached hydrogen (secondary N) is 2. The van der Waals surface area contributed by atoms with Gasteiger partial charge >= 0.3 is 0 Å². The van der Waals surface area contributed by atoms with Crippen molar-refractivity contribution < 1.29 is 14.3 Å². The van der Waals surface area contributed by atoms with E-state index in [1.54, 1.807) is 17.0 Å². The molecule has 0 saturated heterocycles. The molecule has 3 heterocycles. The average molecular weight is 476 g/mol. The Labute approximate surface area is 204 Å². The van der Waals surface area contributed by atoms with Crippen molar-refractivity contribution in [2.24, 2.45) is 5.10 Å². The Hall–Kier alpha value is -3.23. The molecule has 35 heavy (non-hydrogen) atoms. The predicted molar refractivity (Wildman–Crippen MR) is 134 cm³/mol. The Bertz CT molecular complexity index is 1250. The zero-order valence-electron chi connectivity index (χ0n) is 20.0. The fraction of sp³-hybridized carbons (Fsp3) is 0.407. The Morgan fingerprint density at radius 1 is 1.31 bits per heavy atom. The van der Waals surface area contributed by atoms with Gasteiger partial charge in [-0.05, 0) is 54.2 Å². The first-order chi connectivity index (χ1) is 16.9. The van der Waals surface area contributed by atoms with Crippen LogP contribution in [0.2, 0.25) is 0 Å². The van der Waals surface area contributed by atoms with Crippen molar-refractivity contribution in [3.05, 3.63) is 69.8 Å². The molecule has 6 rings (SSSR count). The molecule has 1 amide bonds. The number of allylic oxidation sites excluding steroid dienone is 2. The molecule has 0 aromatic heterocycles. The lowest BCUT2D eigenvalue weighted by Crippen LogP contribution is -2.49. The highest BCUT2D eigenvalue weighted by atomic mass is 19.1. The molecule has 0 bridgehead atoms. The van der Waals surface area contributed by atoms with E-state index in [0.717, 1.165) is 45.7 Å². The van der Waals surface area contributed by atoms with Crippen molar-refractivity contribution in [2.45, 2.75) is 43.9 Å². The van der Waals surface area contributed by atoms with Crippen molar-refractivity contribution in [3.63, 3.8) is 0 Å². The van der Waals surface area contributed by atoms with Crippen molar-refractivity contribution in [1.82, 2.24) is 20.5 Å². The van der Waals surface area contributed by atoms with E-state index < -0.39 is 0 Å². The van der Waals surface area contributed by atoms with Crippen LogP contribution in [-0.4, -0.2) is 71.9 Å². The Balaban J connectivity index is 1.28. The number of benzene rings is 1. The van der Waals surface area contributed by atoms with Gasteiger partial charge in [0.25, 0.3) is 0 Å². The molecule has 3 aliphatic heterocycles. The number of amides is 1. The largest absolute Gasteiger partial charge is 0.393 e. The summed E-state index contributed by atoms with van der Waals surface area (Å²) in [6.07, 6.45) is 10.3. The summed E-state index contributed by atoms with van der Waals surface area (Å²) >= 11 is 0. The summed E-state index contributed by atoms with van der Waals surface area (Å²) in [5, 5.41) is 17.7. The maximum absolute atomic E-state index is 14.5. The quantitative estimate of drug-likeness (QED) is 0.623. The first kappa shape index (κ1) is 22.2. The highest BCUT2D eigenvalue weighted by molar-refractivity contribution is 6.20. The first-order valence-corrected chi connectivity index (χ1v) is 12.3. The van der Waals surface area contributed by atoms with Gasteiger partial charge in [-0.15, -0.1) is 0 Å². The molecule has 1 fully saturated rings. The van der Waals surface area contributed by atoms with Crippen LogP contribution >= 0.6 is 0 Å². The van der Waals surface area contributed by atoms with Gasteiger partial charge in [-0.2, -0.15) is 5.10 Å². The second kappa shape index (κ2) is 8.46. The molecule has 0 radical (unpaired) electrons. The fourth-order valence-corrected chi connectivity index (χ4v) is 5.73. The number of carbonyl (C=O) groups is 1. The number of fused-ring (bicyclic) bond motifs is 2. The molecule has 1 atom stereocenters. The van der Waals surface area contributed by atoms with E-state index in [1.807, 2.05) is 26.2 Å². The SMILES string of the molecule is CN1C=C2C(=C(C3=CCNC(CC(=O)N(C)C4CC(O)C4)C3)C1)NN=C1C=Cc3cc(F)cc2c31. The average Bonchev–Trinajstić information content (AvgIpc) is 3.15. The second-order valence-corrected chi connectivity index (χ2v) is 10.2. The molecule has 1 aromatic rings. The van der Waals surface area contributed by atoms with Gasteiger partial charge in [-0.25, -0.2) is 4.39 Å². The van der Waals surface area contributed by atoms with Crippen LogP contribution in [0.3, 0.4) is 0 Å². The Kier molecular flexibility index (Phi) is 5.38. The van der Waals surface area contributed by atoms with Gasteiger partial charge in [0.1, 0.15) is 5.82 Å². The summed E-state index contributed by atoms with van der Waals surface area (Å²) in [4.78, 5) is 16.8. The molecule has 5 aliphatic rings. The smallest absolute Gasteiger partial charge is 0.224 e. The molecule has 1 unspecified atom stereocenters. The number of aliphatic hydroxyl groups is 1. The number of nitrogens with zero attached hydrogens (tertiary/aromatic N) is 3. The van der Waals surface area contributed by atoms with Crippen LogP contribution in [0.4, 0.5) is 4.39 Å². The van der Waals surface area contributed by atoms with Crippen molar-refractivity contribution in [1.29, 1.82) is 0 Å². The molecule has 182 valence electrons. The summed E-state index contributed by atoms with van der Waals surface area (Å²) in [5.41, 5.74) is 10.9. The van der Waals surface area contributed by atoms with E-state index in [1.165, 1.54) is 5.57 Å². The zero-order valence-corrected chi connectivity index (χ0v) is 20.0. The van der Waals surface area contributed by atoms with E-state index in [-0.39, 0.29) is 29.9 Å². The summed E-state index contributed by atoms with van der Waals surface area (Å²) in [5.74, 6) is -0.156. The summed E-state index contributed by atoms with van der Waals surface area (Å²) in [6, 6.07) is 3.33. The number of carbonyl (C=O) groups excluding carboxylic acids is 1. The summed E-state index contributed by atoms with van der Waals surface area (Å²) in [7, 11) is 3.86. The Morgan fingerprint density at radius 2 is 2.14 bits per heavy atom. The lowest BCUT2D eigenvalue weighted by Gasteiger charge is -2.39. The number of aliphatic hydroxyl groups excluding tert-OH is 1. The molecule has 2 aliphatic carbocycles. The predicted octanol–water partition coefficient (Wildman–Crippen LogP) is 2.36.